The van der Waals surface area contributed by atoms with E-state index < -0.39 is 12.3 Å². The number of rotatable bonds is 8. The van der Waals surface area contributed by atoms with Crippen molar-refractivity contribution in [1.82, 2.24) is 5.32 Å². The SMILES string of the molecule is CNC(O)C(C)OCC(C)OCC(C)O. The summed E-state index contributed by atoms with van der Waals surface area (Å²) < 4.78 is 10.7. The second-order valence-electron chi connectivity index (χ2n) is 3.76. The molecule has 0 saturated heterocycles. The van der Waals surface area contributed by atoms with Crippen LogP contribution in [0.2, 0.25) is 0 Å². The maximum atomic E-state index is 9.34. The van der Waals surface area contributed by atoms with Crippen molar-refractivity contribution < 1.29 is 19.7 Å². The number of nitrogens with one attached hydrogen (secondary N) is 1. The molecule has 4 atom stereocenters. The Bertz CT molecular complexity index is 154. The Balaban J connectivity index is 3.56. The summed E-state index contributed by atoms with van der Waals surface area (Å²) in [4.78, 5) is 0. The average Bonchev–Trinajstić information content (AvgIpc) is 2.21. The van der Waals surface area contributed by atoms with Crippen LogP contribution in [-0.2, 0) is 9.47 Å². The van der Waals surface area contributed by atoms with Gasteiger partial charge < -0.3 is 19.7 Å². The maximum Gasteiger partial charge on any atom is 0.130 e. The molecule has 0 amide bonds. The van der Waals surface area contributed by atoms with Gasteiger partial charge in [-0.2, -0.15) is 0 Å². The molecule has 4 unspecified atom stereocenters. The van der Waals surface area contributed by atoms with E-state index >= 15 is 0 Å². The van der Waals surface area contributed by atoms with E-state index in [0.717, 1.165) is 0 Å². The Kier molecular flexibility index (Phi) is 7.90. The zero-order valence-electron chi connectivity index (χ0n) is 9.93. The fraction of sp³-hybridized carbons (Fsp3) is 1.00. The number of likely N-dealkylation sites (N-methyl/N-ethyl adjacent to an activating group) is 1. The molecule has 0 rings (SSSR count). The summed E-state index contributed by atoms with van der Waals surface area (Å²) in [6.45, 7) is 6.00. The monoisotopic (exact) mass is 221 g/mol. The van der Waals surface area contributed by atoms with Gasteiger partial charge in [-0.25, -0.2) is 0 Å². The summed E-state index contributed by atoms with van der Waals surface area (Å²) in [5.74, 6) is 0. The van der Waals surface area contributed by atoms with Crippen LogP contribution in [0.15, 0.2) is 0 Å². The van der Waals surface area contributed by atoms with Gasteiger partial charge in [0.25, 0.3) is 0 Å². The van der Waals surface area contributed by atoms with E-state index in [2.05, 4.69) is 5.32 Å². The normalized spacial score (nSPS) is 19.6. The lowest BCUT2D eigenvalue weighted by atomic mass is 10.3. The van der Waals surface area contributed by atoms with E-state index in [0.29, 0.717) is 13.2 Å². The molecule has 3 N–H and O–H groups in total. The fourth-order valence-electron chi connectivity index (χ4n) is 0.965. The van der Waals surface area contributed by atoms with Crippen LogP contribution in [0.1, 0.15) is 20.8 Å². The van der Waals surface area contributed by atoms with Crippen molar-refractivity contribution in [2.24, 2.45) is 0 Å². The van der Waals surface area contributed by atoms with Crippen LogP contribution < -0.4 is 5.32 Å². The van der Waals surface area contributed by atoms with Gasteiger partial charge in [0.15, 0.2) is 0 Å². The molecule has 0 saturated carbocycles. The maximum absolute atomic E-state index is 9.34. The zero-order chi connectivity index (χ0) is 11.8. The minimum absolute atomic E-state index is 0.0916. The smallest absolute Gasteiger partial charge is 0.130 e. The van der Waals surface area contributed by atoms with Crippen LogP contribution in [0, 0.1) is 0 Å². The number of aliphatic hydroxyl groups is 2. The second kappa shape index (κ2) is 8.01. The highest BCUT2D eigenvalue weighted by Gasteiger charge is 2.14. The Morgan fingerprint density at radius 2 is 1.67 bits per heavy atom. The van der Waals surface area contributed by atoms with Crippen LogP contribution >= 0.6 is 0 Å². The molecule has 0 fully saturated rings. The van der Waals surface area contributed by atoms with Crippen LogP contribution in [0.25, 0.3) is 0 Å². The van der Waals surface area contributed by atoms with E-state index in [4.69, 9.17) is 14.6 Å². The van der Waals surface area contributed by atoms with E-state index in [1.807, 2.05) is 6.92 Å². The molecule has 0 bridgehead atoms. The lowest BCUT2D eigenvalue weighted by molar-refractivity contribution is -0.0864. The molecule has 0 heterocycles. The summed E-state index contributed by atoms with van der Waals surface area (Å²) in [5, 5.41) is 21.0. The first kappa shape index (κ1) is 14.8. The molecular weight excluding hydrogens is 198 g/mol. The Labute approximate surface area is 91.4 Å². The van der Waals surface area contributed by atoms with Gasteiger partial charge in [0, 0.05) is 0 Å². The van der Waals surface area contributed by atoms with Gasteiger partial charge in [0.1, 0.15) is 6.23 Å². The third-order valence-corrected chi connectivity index (χ3v) is 1.96. The lowest BCUT2D eigenvalue weighted by Crippen LogP contribution is -2.38. The molecule has 0 aromatic rings. The van der Waals surface area contributed by atoms with Gasteiger partial charge >= 0.3 is 0 Å². The summed E-state index contributed by atoms with van der Waals surface area (Å²) in [5.41, 5.74) is 0. The minimum Gasteiger partial charge on any atom is -0.391 e. The molecule has 0 radical (unpaired) electrons. The summed E-state index contributed by atoms with van der Waals surface area (Å²) in [6.07, 6.45) is -1.51. The summed E-state index contributed by atoms with van der Waals surface area (Å²) in [6, 6.07) is 0. The van der Waals surface area contributed by atoms with Crippen LogP contribution in [0.5, 0.6) is 0 Å². The van der Waals surface area contributed by atoms with Crippen LogP contribution in [-0.4, -0.2) is 55.0 Å². The fourth-order valence-corrected chi connectivity index (χ4v) is 0.965. The van der Waals surface area contributed by atoms with Crippen molar-refractivity contribution >= 4 is 0 Å². The number of ether oxygens (including phenoxy) is 2. The number of hydrogen-bond donors (Lipinski definition) is 3. The Morgan fingerprint density at radius 3 is 2.13 bits per heavy atom. The first-order valence-corrected chi connectivity index (χ1v) is 5.24. The van der Waals surface area contributed by atoms with Gasteiger partial charge in [-0.05, 0) is 27.8 Å². The highest BCUT2D eigenvalue weighted by atomic mass is 16.5. The van der Waals surface area contributed by atoms with E-state index in [1.54, 1.807) is 20.9 Å². The van der Waals surface area contributed by atoms with Gasteiger partial charge in [-0.15, -0.1) is 0 Å². The van der Waals surface area contributed by atoms with E-state index in [-0.39, 0.29) is 12.2 Å². The largest absolute Gasteiger partial charge is 0.391 e. The van der Waals surface area contributed by atoms with Crippen LogP contribution in [0.3, 0.4) is 0 Å². The Morgan fingerprint density at radius 1 is 1.07 bits per heavy atom. The molecule has 0 aromatic carbocycles. The predicted octanol–water partition coefficient (Wildman–Crippen LogP) is -0.285. The molecule has 0 spiro atoms. The second-order valence-corrected chi connectivity index (χ2v) is 3.76. The highest BCUT2D eigenvalue weighted by Crippen LogP contribution is 2.00. The van der Waals surface area contributed by atoms with Crippen molar-refractivity contribution in [2.45, 2.75) is 45.3 Å². The minimum atomic E-state index is -0.672. The number of aliphatic hydroxyl groups excluding tert-OH is 2. The third-order valence-electron chi connectivity index (χ3n) is 1.96. The molecule has 5 nitrogen and oxygen atoms in total. The quantitative estimate of drug-likeness (QED) is 0.492. The molecule has 15 heavy (non-hydrogen) atoms. The molecule has 92 valence electrons. The predicted molar refractivity (Wildman–Crippen MR) is 57.6 cm³/mol. The van der Waals surface area contributed by atoms with Crippen molar-refractivity contribution in [3.05, 3.63) is 0 Å². The topological polar surface area (TPSA) is 71.0 Å². The standard InChI is InChI=1S/C10H23NO4/c1-7(12)5-14-8(2)6-15-9(3)10(13)11-4/h7-13H,5-6H2,1-4H3. The van der Waals surface area contributed by atoms with Gasteiger partial charge in [-0.3, -0.25) is 5.32 Å². The van der Waals surface area contributed by atoms with Crippen molar-refractivity contribution in [1.29, 1.82) is 0 Å². The van der Waals surface area contributed by atoms with Gasteiger partial charge in [-0.1, -0.05) is 0 Å². The molecule has 0 aliphatic carbocycles. The molecule has 0 aliphatic rings. The van der Waals surface area contributed by atoms with Gasteiger partial charge in [0.05, 0.1) is 31.5 Å². The lowest BCUT2D eigenvalue weighted by Gasteiger charge is -2.21. The molecular formula is C10H23NO4. The summed E-state index contributed by atoms with van der Waals surface area (Å²) >= 11 is 0. The van der Waals surface area contributed by atoms with Crippen molar-refractivity contribution in [3.8, 4) is 0 Å². The molecule has 0 aromatic heterocycles. The van der Waals surface area contributed by atoms with E-state index in [1.165, 1.54) is 0 Å². The third kappa shape index (κ3) is 7.70. The van der Waals surface area contributed by atoms with Crippen molar-refractivity contribution in [3.63, 3.8) is 0 Å². The molecule has 0 aliphatic heterocycles. The average molecular weight is 221 g/mol. The Hall–Kier alpha value is -0.200. The van der Waals surface area contributed by atoms with Gasteiger partial charge in [0.2, 0.25) is 0 Å². The van der Waals surface area contributed by atoms with Crippen molar-refractivity contribution in [2.75, 3.05) is 20.3 Å². The van der Waals surface area contributed by atoms with E-state index in [9.17, 15) is 5.11 Å². The summed E-state index contributed by atoms with van der Waals surface area (Å²) in [7, 11) is 1.66. The first-order chi connectivity index (χ1) is 6.97. The zero-order valence-corrected chi connectivity index (χ0v) is 9.93. The first-order valence-electron chi connectivity index (χ1n) is 5.24. The van der Waals surface area contributed by atoms with Crippen LogP contribution in [0.4, 0.5) is 0 Å². The molecule has 5 heteroatoms. The highest BCUT2D eigenvalue weighted by molar-refractivity contribution is 4.60. The number of hydrogen-bond acceptors (Lipinski definition) is 5.